The van der Waals surface area contributed by atoms with Gasteiger partial charge >= 0.3 is 0 Å². The highest BCUT2D eigenvalue weighted by Crippen LogP contribution is 2.25. The zero-order valence-electron chi connectivity index (χ0n) is 18.9. The molecule has 32 heavy (non-hydrogen) atoms. The molecule has 2 amide bonds. The molecule has 0 spiro atoms. The summed E-state index contributed by atoms with van der Waals surface area (Å²) in [6, 6.07) is 13.3. The van der Waals surface area contributed by atoms with E-state index in [4.69, 9.17) is 4.74 Å². The molecule has 0 radical (unpaired) electrons. The average Bonchev–Trinajstić information content (AvgIpc) is 2.78. The van der Waals surface area contributed by atoms with Gasteiger partial charge in [-0.25, -0.2) is 4.39 Å². The van der Waals surface area contributed by atoms with Crippen molar-refractivity contribution in [2.75, 3.05) is 32.1 Å². The molecule has 0 unspecified atom stereocenters. The molecule has 1 aliphatic heterocycles. The quantitative estimate of drug-likeness (QED) is 0.656. The Morgan fingerprint density at radius 2 is 1.72 bits per heavy atom. The Hall–Kier alpha value is -2.93. The van der Waals surface area contributed by atoms with E-state index in [-0.39, 0.29) is 29.5 Å². The molecule has 3 rings (SSSR count). The van der Waals surface area contributed by atoms with Crippen LogP contribution in [0.25, 0.3) is 0 Å². The predicted molar refractivity (Wildman–Crippen MR) is 123 cm³/mol. The fourth-order valence-corrected chi connectivity index (χ4v) is 4.19. The summed E-state index contributed by atoms with van der Waals surface area (Å²) in [6.07, 6.45) is 0.472. The van der Waals surface area contributed by atoms with Crippen molar-refractivity contribution < 1.29 is 18.7 Å². The van der Waals surface area contributed by atoms with Gasteiger partial charge in [0.05, 0.1) is 18.9 Å². The molecular weight excluding hydrogens is 409 g/mol. The van der Waals surface area contributed by atoms with Gasteiger partial charge in [-0.1, -0.05) is 32.0 Å². The normalized spacial score (nSPS) is 18.9. The van der Waals surface area contributed by atoms with Gasteiger partial charge in [-0.15, -0.1) is 0 Å². The molecule has 1 aliphatic rings. The second kappa shape index (κ2) is 11.1. The van der Waals surface area contributed by atoms with E-state index in [0.29, 0.717) is 37.7 Å². The average molecular weight is 442 g/mol. The summed E-state index contributed by atoms with van der Waals surface area (Å²) in [7, 11) is 1.61. The van der Waals surface area contributed by atoms with Crippen molar-refractivity contribution >= 4 is 17.5 Å². The van der Waals surface area contributed by atoms with Gasteiger partial charge in [-0.3, -0.25) is 9.59 Å². The minimum Gasteiger partial charge on any atom is -0.496 e. The number of para-hydroxylation sites is 1. The standard InChI is InChI=1S/C25H32FN3O3/c1-17(2)14-29-15-19(24(30)27-13-18-6-4-5-7-23(18)32-3)12-20(16-29)25(31)28-22-10-8-21(26)9-11-22/h4-11,17,19-20H,12-16H2,1-3H3,(H,27,30)(H,28,31)/t19-,20+/m0/s1. The summed E-state index contributed by atoms with van der Waals surface area (Å²) < 4.78 is 18.5. The van der Waals surface area contributed by atoms with Gasteiger partial charge in [0, 0.05) is 37.4 Å². The molecule has 2 atom stereocenters. The highest BCUT2D eigenvalue weighted by atomic mass is 19.1. The maximum atomic E-state index is 13.2. The van der Waals surface area contributed by atoms with Crippen LogP contribution in [0.5, 0.6) is 5.75 Å². The van der Waals surface area contributed by atoms with E-state index in [1.165, 1.54) is 12.1 Å². The largest absolute Gasteiger partial charge is 0.496 e. The highest BCUT2D eigenvalue weighted by Gasteiger charge is 2.35. The zero-order chi connectivity index (χ0) is 23.1. The SMILES string of the molecule is COc1ccccc1CNC(=O)[C@H]1C[C@@H](C(=O)Nc2ccc(F)cc2)CN(CC(C)C)C1. The fraction of sp³-hybridized carbons (Fsp3) is 0.440. The number of piperidine rings is 1. The number of amides is 2. The molecule has 1 heterocycles. The molecule has 1 saturated heterocycles. The lowest BCUT2D eigenvalue weighted by atomic mass is 9.87. The Morgan fingerprint density at radius 3 is 2.38 bits per heavy atom. The van der Waals surface area contributed by atoms with Crippen molar-refractivity contribution in [2.24, 2.45) is 17.8 Å². The van der Waals surface area contributed by atoms with Crippen LogP contribution in [0.15, 0.2) is 48.5 Å². The van der Waals surface area contributed by atoms with Crippen LogP contribution in [0.2, 0.25) is 0 Å². The lowest BCUT2D eigenvalue weighted by molar-refractivity contribution is -0.130. The number of halogens is 1. The minimum atomic E-state index is -0.351. The first-order valence-corrected chi connectivity index (χ1v) is 11.0. The van der Waals surface area contributed by atoms with E-state index in [1.54, 1.807) is 19.2 Å². The van der Waals surface area contributed by atoms with Crippen molar-refractivity contribution in [3.05, 3.63) is 59.9 Å². The van der Waals surface area contributed by atoms with Crippen LogP contribution in [-0.2, 0) is 16.1 Å². The van der Waals surface area contributed by atoms with Gasteiger partial charge in [0.25, 0.3) is 0 Å². The number of benzene rings is 2. The van der Waals surface area contributed by atoms with Gasteiger partial charge < -0.3 is 20.3 Å². The number of likely N-dealkylation sites (tertiary alicyclic amines) is 1. The molecule has 2 aromatic carbocycles. The predicted octanol–water partition coefficient (Wildman–Crippen LogP) is 3.68. The number of hydrogen-bond donors (Lipinski definition) is 2. The molecule has 0 aliphatic carbocycles. The van der Waals surface area contributed by atoms with Crippen molar-refractivity contribution in [1.82, 2.24) is 10.2 Å². The molecule has 2 N–H and O–H groups in total. The second-order valence-corrected chi connectivity index (χ2v) is 8.77. The molecule has 0 aromatic heterocycles. The number of ether oxygens (including phenoxy) is 1. The minimum absolute atomic E-state index is 0.0658. The topological polar surface area (TPSA) is 70.7 Å². The summed E-state index contributed by atoms with van der Waals surface area (Å²) in [5, 5.41) is 5.88. The Labute approximate surface area is 189 Å². The van der Waals surface area contributed by atoms with Crippen LogP contribution in [0.1, 0.15) is 25.8 Å². The summed E-state index contributed by atoms with van der Waals surface area (Å²) >= 11 is 0. The number of anilines is 1. The molecule has 2 aromatic rings. The second-order valence-electron chi connectivity index (χ2n) is 8.77. The zero-order valence-corrected chi connectivity index (χ0v) is 18.9. The van der Waals surface area contributed by atoms with Gasteiger partial charge in [0.2, 0.25) is 11.8 Å². The van der Waals surface area contributed by atoms with Crippen LogP contribution in [-0.4, -0.2) is 43.5 Å². The third-order valence-corrected chi connectivity index (χ3v) is 5.65. The number of hydrogen-bond acceptors (Lipinski definition) is 4. The fourth-order valence-electron chi connectivity index (χ4n) is 4.19. The Balaban J connectivity index is 1.66. The summed E-state index contributed by atoms with van der Waals surface area (Å²) in [4.78, 5) is 28.1. The molecule has 7 heteroatoms. The first-order valence-electron chi connectivity index (χ1n) is 11.0. The third-order valence-electron chi connectivity index (χ3n) is 5.65. The van der Waals surface area contributed by atoms with Gasteiger partial charge in [-0.2, -0.15) is 0 Å². The number of methoxy groups -OCH3 is 1. The summed E-state index contributed by atoms with van der Waals surface area (Å²) in [5.74, 6) is -0.0246. The lowest BCUT2D eigenvalue weighted by Crippen LogP contribution is -2.50. The smallest absolute Gasteiger partial charge is 0.228 e. The number of nitrogens with zero attached hydrogens (tertiary/aromatic N) is 1. The number of carbonyl (C=O) groups is 2. The van der Waals surface area contributed by atoms with Gasteiger partial charge in [0.1, 0.15) is 11.6 Å². The molecule has 0 saturated carbocycles. The van der Waals surface area contributed by atoms with E-state index in [1.807, 2.05) is 24.3 Å². The monoisotopic (exact) mass is 441 g/mol. The third kappa shape index (κ3) is 6.53. The van der Waals surface area contributed by atoms with Gasteiger partial charge in [-0.05, 0) is 42.7 Å². The number of nitrogens with one attached hydrogen (secondary N) is 2. The summed E-state index contributed by atoms with van der Waals surface area (Å²) in [6.45, 7) is 6.66. The molecule has 1 fully saturated rings. The highest BCUT2D eigenvalue weighted by molar-refractivity contribution is 5.93. The Kier molecular flexibility index (Phi) is 8.22. The molecule has 172 valence electrons. The van der Waals surface area contributed by atoms with E-state index in [2.05, 4.69) is 29.4 Å². The van der Waals surface area contributed by atoms with Crippen molar-refractivity contribution in [1.29, 1.82) is 0 Å². The molecule has 6 nitrogen and oxygen atoms in total. The Morgan fingerprint density at radius 1 is 1.06 bits per heavy atom. The molecular formula is C25H32FN3O3. The van der Waals surface area contributed by atoms with Crippen LogP contribution in [0.4, 0.5) is 10.1 Å². The van der Waals surface area contributed by atoms with E-state index in [0.717, 1.165) is 17.9 Å². The van der Waals surface area contributed by atoms with Crippen LogP contribution >= 0.6 is 0 Å². The first-order chi connectivity index (χ1) is 15.4. The van der Waals surface area contributed by atoms with Crippen LogP contribution in [0, 0.1) is 23.6 Å². The van der Waals surface area contributed by atoms with Gasteiger partial charge in [0.15, 0.2) is 0 Å². The lowest BCUT2D eigenvalue weighted by Gasteiger charge is -2.37. The van der Waals surface area contributed by atoms with Crippen LogP contribution in [0.3, 0.4) is 0 Å². The maximum absolute atomic E-state index is 13.2. The summed E-state index contributed by atoms with van der Waals surface area (Å²) in [5.41, 5.74) is 1.46. The number of carbonyl (C=O) groups excluding carboxylic acids is 2. The first kappa shape index (κ1) is 23.7. The van der Waals surface area contributed by atoms with Crippen LogP contribution < -0.4 is 15.4 Å². The number of rotatable bonds is 8. The maximum Gasteiger partial charge on any atom is 0.228 e. The Bertz CT molecular complexity index is 917. The van der Waals surface area contributed by atoms with Crippen molar-refractivity contribution in [3.63, 3.8) is 0 Å². The van der Waals surface area contributed by atoms with E-state index >= 15 is 0 Å². The van der Waals surface area contributed by atoms with Crippen molar-refractivity contribution in [2.45, 2.75) is 26.8 Å². The molecule has 0 bridgehead atoms. The van der Waals surface area contributed by atoms with E-state index < -0.39 is 0 Å². The van der Waals surface area contributed by atoms with E-state index in [9.17, 15) is 14.0 Å². The van der Waals surface area contributed by atoms with Crippen molar-refractivity contribution in [3.8, 4) is 5.75 Å².